The molecule has 0 bridgehead atoms. The van der Waals surface area contributed by atoms with E-state index in [0.717, 1.165) is 21.8 Å². The maximum atomic E-state index is 13.3. The average Bonchev–Trinajstić information content (AvgIpc) is 2.93. The molecule has 1 aliphatic rings. The van der Waals surface area contributed by atoms with E-state index in [1.165, 1.54) is 12.1 Å². The van der Waals surface area contributed by atoms with Crippen LogP contribution in [0.3, 0.4) is 0 Å². The van der Waals surface area contributed by atoms with Crippen molar-refractivity contribution in [2.45, 2.75) is 58.4 Å². The monoisotopic (exact) mass is 426 g/mol. The molecule has 0 unspecified atom stereocenters. The van der Waals surface area contributed by atoms with Gasteiger partial charge in [-0.3, -0.25) is 0 Å². The third-order valence-corrected chi connectivity index (χ3v) is 6.45. The third-order valence-electron chi connectivity index (χ3n) is 6.45. The van der Waals surface area contributed by atoms with Crippen molar-refractivity contribution in [3.8, 4) is 11.1 Å². The van der Waals surface area contributed by atoms with E-state index in [4.69, 9.17) is 9.31 Å². The van der Waals surface area contributed by atoms with E-state index in [1.54, 1.807) is 0 Å². The highest BCUT2D eigenvalue weighted by Crippen LogP contribution is 2.37. The van der Waals surface area contributed by atoms with E-state index < -0.39 is 30.1 Å². The van der Waals surface area contributed by atoms with Crippen molar-refractivity contribution in [1.29, 1.82) is 0 Å². The summed E-state index contributed by atoms with van der Waals surface area (Å²) in [5, 5.41) is 1.94. The Morgan fingerprint density at radius 1 is 0.774 bits per heavy atom. The van der Waals surface area contributed by atoms with Crippen LogP contribution in [0.15, 0.2) is 54.6 Å². The van der Waals surface area contributed by atoms with Crippen molar-refractivity contribution >= 4 is 23.4 Å². The van der Waals surface area contributed by atoms with Crippen LogP contribution in [0.4, 0.5) is 13.2 Å². The van der Waals surface area contributed by atoms with Crippen molar-refractivity contribution in [3.63, 3.8) is 0 Å². The second-order valence-electron chi connectivity index (χ2n) is 9.18. The molecule has 0 amide bonds. The predicted molar refractivity (Wildman–Crippen MR) is 119 cm³/mol. The van der Waals surface area contributed by atoms with Gasteiger partial charge in [0.15, 0.2) is 0 Å². The van der Waals surface area contributed by atoms with Gasteiger partial charge >= 0.3 is 13.3 Å². The SMILES string of the molecule is CCc1cc(-c2ccc3cc(B4OC(C)(C)C(C)(C)O4)ccc3c2)cc(C(F)(F)F)c1. The molecule has 0 aliphatic carbocycles. The number of aryl methyl sites for hydroxylation is 1. The van der Waals surface area contributed by atoms with E-state index in [2.05, 4.69) is 0 Å². The topological polar surface area (TPSA) is 18.5 Å². The molecule has 0 spiro atoms. The van der Waals surface area contributed by atoms with Crippen LogP contribution in [-0.2, 0) is 21.9 Å². The zero-order valence-electron chi connectivity index (χ0n) is 18.4. The van der Waals surface area contributed by atoms with Gasteiger partial charge in [-0.15, -0.1) is 0 Å². The molecule has 1 saturated heterocycles. The quantitative estimate of drug-likeness (QED) is 0.452. The minimum absolute atomic E-state index is 0.420. The van der Waals surface area contributed by atoms with Crippen molar-refractivity contribution in [2.75, 3.05) is 0 Å². The van der Waals surface area contributed by atoms with Gasteiger partial charge in [0.25, 0.3) is 0 Å². The van der Waals surface area contributed by atoms with Crippen LogP contribution in [0, 0.1) is 0 Å². The predicted octanol–water partition coefficient (Wildman–Crippen LogP) is 6.39. The minimum atomic E-state index is -4.37. The van der Waals surface area contributed by atoms with E-state index in [1.807, 2.05) is 77.1 Å². The molecule has 0 atom stereocenters. The lowest BCUT2D eigenvalue weighted by molar-refractivity contribution is -0.137. The molecule has 4 rings (SSSR count). The smallest absolute Gasteiger partial charge is 0.399 e. The lowest BCUT2D eigenvalue weighted by Gasteiger charge is -2.32. The third kappa shape index (κ3) is 4.11. The van der Waals surface area contributed by atoms with Gasteiger partial charge in [0.1, 0.15) is 0 Å². The molecule has 0 aromatic heterocycles. The lowest BCUT2D eigenvalue weighted by Crippen LogP contribution is -2.41. The minimum Gasteiger partial charge on any atom is -0.399 e. The highest BCUT2D eigenvalue weighted by molar-refractivity contribution is 6.62. The van der Waals surface area contributed by atoms with Gasteiger partial charge in [0, 0.05) is 0 Å². The second kappa shape index (κ2) is 7.39. The Balaban J connectivity index is 1.70. The Hall–Kier alpha value is -2.31. The van der Waals surface area contributed by atoms with Gasteiger partial charge in [-0.2, -0.15) is 13.2 Å². The van der Waals surface area contributed by atoms with Crippen LogP contribution >= 0.6 is 0 Å². The van der Waals surface area contributed by atoms with Crippen LogP contribution < -0.4 is 5.46 Å². The molecule has 0 saturated carbocycles. The summed E-state index contributed by atoms with van der Waals surface area (Å²) in [7, 11) is -0.454. The lowest BCUT2D eigenvalue weighted by atomic mass is 9.78. The van der Waals surface area contributed by atoms with Gasteiger partial charge < -0.3 is 9.31 Å². The average molecular weight is 426 g/mol. The Labute approximate surface area is 181 Å². The summed E-state index contributed by atoms with van der Waals surface area (Å²) in [6.45, 7) is 9.91. The normalized spacial score (nSPS) is 18.0. The van der Waals surface area contributed by atoms with E-state index in [-0.39, 0.29) is 0 Å². The molecule has 1 heterocycles. The molecule has 1 aliphatic heterocycles. The fourth-order valence-corrected chi connectivity index (χ4v) is 3.80. The number of benzene rings is 3. The Bertz CT molecular complexity index is 1120. The highest BCUT2D eigenvalue weighted by Gasteiger charge is 2.51. The first-order valence-electron chi connectivity index (χ1n) is 10.5. The Kier molecular flexibility index (Phi) is 5.22. The molecule has 31 heavy (non-hydrogen) atoms. The van der Waals surface area contributed by atoms with Crippen LogP contribution in [0.25, 0.3) is 21.9 Å². The first-order chi connectivity index (χ1) is 14.4. The van der Waals surface area contributed by atoms with Gasteiger partial charge in [0.2, 0.25) is 0 Å². The second-order valence-corrected chi connectivity index (χ2v) is 9.18. The molecule has 0 radical (unpaired) electrons. The van der Waals surface area contributed by atoms with Crippen LogP contribution in [-0.4, -0.2) is 18.3 Å². The highest BCUT2D eigenvalue weighted by atomic mass is 19.4. The fourth-order valence-electron chi connectivity index (χ4n) is 3.80. The largest absolute Gasteiger partial charge is 0.494 e. The number of rotatable bonds is 3. The van der Waals surface area contributed by atoms with Gasteiger partial charge in [0.05, 0.1) is 16.8 Å². The van der Waals surface area contributed by atoms with Crippen LogP contribution in [0.1, 0.15) is 45.7 Å². The number of fused-ring (bicyclic) bond motifs is 1. The number of halogens is 3. The first kappa shape index (κ1) is 21.9. The summed E-state index contributed by atoms with van der Waals surface area (Å²) in [6.07, 6.45) is -3.82. The molecular formula is C25H26BF3O2. The van der Waals surface area contributed by atoms with Crippen molar-refractivity contribution in [2.24, 2.45) is 0 Å². The summed E-state index contributed by atoms with van der Waals surface area (Å²) in [5.74, 6) is 0. The fraction of sp³-hybridized carbons (Fsp3) is 0.360. The number of hydrogen-bond acceptors (Lipinski definition) is 2. The van der Waals surface area contributed by atoms with E-state index in [0.29, 0.717) is 17.5 Å². The van der Waals surface area contributed by atoms with Crippen LogP contribution in [0.5, 0.6) is 0 Å². The molecular weight excluding hydrogens is 400 g/mol. The summed E-state index contributed by atoms with van der Waals surface area (Å²) >= 11 is 0. The Morgan fingerprint density at radius 2 is 1.39 bits per heavy atom. The van der Waals surface area contributed by atoms with Crippen LogP contribution in [0.2, 0.25) is 0 Å². The molecule has 2 nitrogen and oxygen atoms in total. The summed E-state index contributed by atoms with van der Waals surface area (Å²) in [5.41, 5.74) is 1.47. The number of alkyl halides is 3. The van der Waals surface area contributed by atoms with Gasteiger partial charge in [-0.25, -0.2) is 0 Å². The van der Waals surface area contributed by atoms with E-state index >= 15 is 0 Å². The molecule has 3 aromatic carbocycles. The first-order valence-corrected chi connectivity index (χ1v) is 10.5. The number of hydrogen-bond donors (Lipinski definition) is 0. The van der Waals surface area contributed by atoms with Gasteiger partial charge in [-0.1, -0.05) is 43.3 Å². The molecule has 3 aromatic rings. The zero-order chi connectivity index (χ0) is 22.6. The van der Waals surface area contributed by atoms with Crippen molar-refractivity contribution < 1.29 is 22.5 Å². The summed E-state index contributed by atoms with van der Waals surface area (Å²) < 4.78 is 52.3. The maximum absolute atomic E-state index is 13.3. The van der Waals surface area contributed by atoms with Crippen molar-refractivity contribution in [1.82, 2.24) is 0 Å². The molecule has 6 heteroatoms. The van der Waals surface area contributed by atoms with E-state index in [9.17, 15) is 13.2 Å². The van der Waals surface area contributed by atoms with Gasteiger partial charge in [-0.05, 0) is 85.2 Å². The van der Waals surface area contributed by atoms with Crippen molar-refractivity contribution in [3.05, 3.63) is 65.7 Å². The molecule has 162 valence electrons. The zero-order valence-corrected chi connectivity index (χ0v) is 18.4. The molecule has 1 fully saturated rings. The summed E-state index contributed by atoms with van der Waals surface area (Å²) in [6, 6.07) is 15.9. The Morgan fingerprint density at radius 3 is 2.00 bits per heavy atom. The molecule has 0 N–H and O–H groups in total. The maximum Gasteiger partial charge on any atom is 0.494 e. The summed E-state index contributed by atoms with van der Waals surface area (Å²) in [4.78, 5) is 0. The standard InChI is InChI=1S/C25H26BF3O2/c1-6-16-11-20(14-21(12-16)25(27,28)29)18-7-8-19-15-22(10-9-17(19)13-18)26-30-23(2,3)24(4,5)31-26/h7-15H,6H2,1-5H3.